The van der Waals surface area contributed by atoms with Gasteiger partial charge in [-0.1, -0.05) is 32.8 Å². The Kier molecular flexibility index (Phi) is 4.36. The highest BCUT2D eigenvalue weighted by Gasteiger charge is 2.03. The number of halogens is 1. The van der Waals surface area contributed by atoms with E-state index in [1.807, 2.05) is 0 Å². The van der Waals surface area contributed by atoms with Gasteiger partial charge < -0.3 is 5.32 Å². The molecule has 1 aromatic rings. The lowest BCUT2D eigenvalue weighted by Gasteiger charge is -2.13. The molecule has 0 saturated heterocycles. The molecule has 14 heavy (non-hydrogen) atoms. The standard InChI is InChI=1S/C11H17FN2/c1-3-9(4-2)8-13-11-7-5-6-10(12)14-11/h5-7,9H,3-4,8H2,1-2H3,(H,13,14). The minimum atomic E-state index is -0.431. The van der Waals surface area contributed by atoms with E-state index in [0.29, 0.717) is 11.7 Å². The number of aromatic nitrogens is 1. The fraction of sp³-hybridized carbons (Fsp3) is 0.545. The molecular weight excluding hydrogens is 179 g/mol. The van der Waals surface area contributed by atoms with E-state index < -0.39 is 5.95 Å². The molecule has 0 saturated carbocycles. The molecule has 0 radical (unpaired) electrons. The Morgan fingerprint density at radius 2 is 2.07 bits per heavy atom. The van der Waals surface area contributed by atoms with Crippen molar-refractivity contribution >= 4 is 5.82 Å². The quantitative estimate of drug-likeness (QED) is 0.732. The van der Waals surface area contributed by atoms with Crippen LogP contribution < -0.4 is 5.32 Å². The van der Waals surface area contributed by atoms with Crippen molar-refractivity contribution in [2.75, 3.05) is 11.9 Å². The summed E-state index contributed by atoms with van der Waals surface area (Å²) in [6, 6.07) is 4.80. The van der Waals surface area contributed by atoms with Crippen LogP contribution in [-0.4, -0.2) is 11.5 Å². The van der Waals surface area contributed by atoms with E-state index in [2.05, 4.69) is 24.1 Å². The number of nitrogens with zero attached hydrogens (tertiary/aromatic N) is 1. The van der Waals surface area contributed by atoms with Crippen molar-refractivity contribution in [3.8, 4) is 0 Å². The maximum atomic E-state index is 12.7. The molecule has 0 atom stereocenters. The number of nitrogens with one attached hydrogen (secondary N) is 1. The average molecular weight is 196 g/mol. The van der Waals surface area contributed by atoms with Crippen LogP contribution in [0.2, 0.25) is 0 Å². The molecule has 1 heterocycles. The molecule has 2 nitrogen and oxygen atoms in total. The van der Waals surface area contributed by atoms with Crippen molar-refractivity contribution < 1.29 is 4.39 Å². The van der Waals surface area contributed by atoms with E-state index in [9.17, 15) is 4.39 Å². The third-order valence-electron chi connectivity index (χ3n) is 2.44. The molecule has 0 amide bonds. The molecule has 0 spiro atoms. The Labute approximate surface area is 84.6 Å². The number of hydrogen-bond acceptors (Lipinski definition) is 2. The highest BCUT2D eigenvalue weighted by Crippen LogP contribution is 2.09. The second-order valence-corrected chi connectivity index (χ2v) is 3.41. The molecule has 1 N–H and O–H groups in total. The van der Waals surface area contributed by atoms with Gasteiger partial charge >= 0.3 is 0 Å². The average Bonchev–Trinajstić information content (AvgIpc) is 2.19. The van der Waals surface area contributed by atoms with Gasteiger partial charge in [0.15, 0.2) is 0 Å². The van der Waals surface area contributed by atoms with E-state index in [1.165, 1.54) is 6.07 Å². The van der Waals surface area contributed by atoms with Gasteiger partial charge in [0.05, 0.1) is 0 Å². The smallest absolute Gasteiger partial charge is 0.214 e. The molecule has 1 aromatic heterocycles. The summed E-state index contributed by atoms with van der Waals surface area (Å²) in [5, 5.41) is 3.14. The van der Waals surface area contributed by atoms with Crippen LogP contribution in [0.1, 0.15) is 26.7 Å². The van der Waals surface area contributed by atoms with E-state index in [4.69, 9.17) is 0 Å². The van der Waals surface area contributed by atoms with Crippen molar-refractivity contribution in [2.24, 2.45) is 5.92 Å². The number of hydrogen-bond donors (Lipinski definition) is 1. The minimum absolute atomic E-state index is 0.431. The Morgan fingerprint density at radius 1 is 1.36 bits per heavy atom. The van der Waals surface area contributed by atoms with Crippen LogP contribution in [0.3, 0.4) is 0 Å². The summed E-state index contributed by atoms with van der Waals surface area (Å²) < 4.78 is 12.7. The van der Waals surface area contributed by atoms with Gasteiger partial charge in [-0.25, -0.2) is 4.98 Å². The highest BCUT2D eigenvalue weighted by molar-refractivity contribution is 5.33. The van der Waals surface area contributed by atoms with Gasteiger partial charge in [0.2, 0.25) is 5.95 Å². The molecule has 0 aliphatic heterocycles. The third kappa shape index (κ3) is 3.32. The van der Waals surface area contributed by atoms with Crippen LogP contribution in [0.25, 0.3) is 0 Å². The predicted octanol–water partition coefficient (Wildman–Crippen LogP) is 3.07. The Balaban J connectivity index is 2.44. The van der Waals surface area contributed by atoms with Gasteiger partial charge in [0.25, 0.3) is 0 Å². The summed E-state index contributed by atoms with van der Waals surface area (Å²) in [5.41, 5.74) is 0. The number of rotatable bonds is 5. The lowest BCUT2D eigenvalue weighted by atomic mass is 10.0. The Hall–Kier alpha value is -1.12. The zero-order valence-electron chi connectivity index (χ0n) is 8.76. The van der Waals surface area contributed by atoms with Crippen molar-refractivity contribution in [1.82, 2.24) is 4.98 Å². The predicted molar refractivity (Wildman–Crippen MR) is 56.8 cm³/mol. The van der Waals surface area contributed by atoms with Gasteiger partial charge in [-0.15, -0.1) is 0 Å². The fourth-order valence-electron chi connectivity index (χ4n) is 1.33. The molecular formula is C11H17FN2. The summed E-state index contributed by atoms with van der Waals surface area (Å²) in [7, 11) is 0. The summed E-state index contributed by atoms with van der Waals surface area (Å²) in [6.45, 7) is 5.19. The van der Waals surface area contributed by atoms with Crippen LogP contribution in [0, 0.1) is 11.9 Å². The van der Waals surface area contributed by atoms with Gasteiger partial charge in [-0.3, -0.25) is 0 Å². The Bertz CT molecular complexity index is 272. The molecule has 3 heteroatoms. The van der Waals surface area contributed by atoms with Gasteiger partial charge in [-0.2, -0.15) is 4.39 Å². The third-order valence-corrected chi connectivity index (χ3v) is 2.44. The van der Waals surface area contributed by atoms with E-state index >= 15 is 0 Å². The monoisotopic (exact) mass is 196 g/mol. The zero-order valence-corrected chi connectivity index (χ0v) is 8.76. The molecule has 0 aliphatic carbocycles. The lowest BCUT2D eigenvalue weighted by molar-refractivity contribution is 0.517. The number of pyridine rings is 1. The largest absolute Gasteiger partial charge is 0.370 e. The summed E-state index contributed by atoms with van der Waals surface area (Å²) in [5.74, 6) is 0.830. The van der Waals surface area contributed by atoms with E-state index in [0.717, 1.165) is 19.4 Å². The molecule has 1 rings (SSSR count). The highest BCUT2D eigenvalue weighted by atomic mass is 19.1. The maximum Gasteiger partial charge on any atom is 0.214 e. The van der Waals surface area contributed by atoms with Crippen molar-refractivity contribution in [1.29, 1.82) is 0 Å². The fourth-order valence-corrected chi connectivity index (χ4v) is 1.33. The normalized spacial score (nSPS) is 10.6. The SMILES string of the molecule is CCC(CC)CNc1cccc(F)n1. The first-order chi connectivity index (χ1) is 6.76. The van der Waals surface area contributed by atoms with Crippen LogP contribution >= 0.6 is 0 Å². The van der Waals surface area contributed by atoms with Crippen molar-refractivity contribution in [3.63, 3.8) is 0 Å². The zero-order chi connectivity index (χ0) is 10.4. The van der Waals surface area contributed by atoms with Crippen LogP contribution in [0.15, 0.2) is 18.2 Å². The Morgan fingerprint density at radius 3 is 2.64 bits per heavy atom. The molecule has 0 fully saturated rings. The summed E-state index contributed by atoms with van der Waals surface area (Å²) in [6.07, 6.45) is 2.28. The molecule has 0 bridgehead atoms. The van der Waals surface area contributed by atoms with Gasteiger partial charge in [0.1, 0.15) is 5.82 Å². The van der Waals surface area contributed by atoms with Crippen LogP contribution in [0.5, 0.6) is 0 Å². The number of anilines is 1. The van der Waals surface area contributed by atoms with E-state index in [-0.39, 0.29) is 0 Å². The summed E-state index contributed by atoms with van der Waals surface area (Å²) >= 11 is 0. The first kappa shape index (κ1) is 11.0. The summed E-state index contributed by atoms with van der Waals surface area (Å²) in [4.78, 5) is 3.74. The van der Waals surface area contributed by atoms with Gasteiger partial charge in [0, 0.05) is 6.54 Å². The second-order valence-electron chi connectivity index (χ2n) is 3.41. The van der Waals surface area contributed by atoms with Gasteiger partial charge in [-0.05, 0) is 18.1 Å². The lowest BCUT2D eigenvalue weighted by Crippen LogP contribution is -2.13. The van der Waals surface area contributed by atoms with E-state index in [1.54, 1.807) is 12.1 Å². The van der Waals surface area contributed by atoms with Crippen molar-refractivity contribution in [3.05, 3.63) is 24.1 Å². The minimum Gasteiger partial charge on any atom is -0.370 e. The second kappa shape index (κ2) is 5.58. The first-order valence-corrected chi connectivity index (χ1v) is 5.12. The maximum absolute atomic E-state index is 12.7. The van der Waals surface area contributed by atoms with Crippen LogP contribution in [0.4, 0.5) is 10.2 Å². The topological polar surface area (TPSA) is 24.9 Å². The molecule has 0 aromatic carbocycles. The van der Waals surface area contributed by atoms with Crippen molar-refractivity contribution in [2.45, 2.75) is 26.7 Å². The molecule has 0 aliphatic rings. The molecule has 78 valence electrons. The van der Waals surface area contributed by atoms with Crippen LogP contribution in [-0.2, 0) is 0 Å². The molecule has 0 unspecified atom stereocenters. The first-order valence-electron chi connectivity index (χ1n) is 5.12.